The lowest BCUT2D eigenvalue weighted by molar-refractivity contribution is 0.247. The molecule has 2 saturated carbocycles. The van der Waals surface area contributed by atoms with Crippen molar-refractivity contribution in [2.45, 2.75) is 56.9 Å². The van der Waals surface area contributed by atoms with Crippen molar-refractivity contribution in [2.75, 3.05) is 31.1 Å². The van der Waals surface area contributed by atoms with Crippen LogP contribution in [0.5, 0.6) is 0 Å². The van der Waals surface area contributed by atoms with E-state index in [1.54, 1.807) is 0 Å². The van der Waals surface area contributed by atoms with Crippen LogP contribution in [0, 0.1) is 0 Å². The van der Waals surface area contributed by atoms with Crippen molar-refractivity contribution in [2.24, 2.45) is 0 Å². The molecule has 2 heterocycles. The van der Waals surface area contributed by atoms with E-state index in [9.17, 15) is 0 Å². The van der Waals surface area contributed by atoms with E-state index in [2.05, 4.69) is 40.1 Å². The zero-order valence-electron chi connectivity index (χ0n) is 15.6. The zero-order chi connectivity index (χ0) is 16.6. The highest BCUT2D eigenvalue weighted by atomic mass is 35.5. The molecule has 5 rings (SSSR count). The highest BCUT2D eigenvalue weighted by Gasteiger charge is 2.31. The van der Waals surface area contributed by atoms with Gasteiger partial charge in [0.05, 0.1) is 5.52 Å². The number of rotatable bonds is 3. The van der Waals surface area contributed by atoms with Gasteiger partial charge in [-0.05, 0) is 61.4 Å². The molecule has 0 bridgehead atoms. The maximum Gasteiger partial charge on any atom is 0.129 e. The fraction of sp³-hybridized carbons (Fsp3) is 0.591. The maximum atomic E-state index is 4.98. The number of anilines is 1. The molecule has 0 spiro atoms. The number of piperazine rings is 1. The predicted molar refractivity (Wildman–Crippen MR) is 112 cm³/mol. The van der Waals surface area contributed by atoms with Crippen molar-refractivity contribution in [3.63, 3.8) is 0 Å². The van der Waals surface area contributed by atoms with E-state index in [1.807, 2.05) is 0 Å². The summed E-state index contributed by atoms with van der Waals surface area (Å²) in [5.74, 6) is 1.93. The summed E-state index contributed by atoms with van der Waals surface area (Å²) in [6.45, 7) is 4.64. The second kappa shape index (κ2) is 7.74. The van der Waals surface area contributed by atoms with E-state index < -0.39 is 0 Å². The molecule has 4 heteroatoms. The number of benzene rings is 1. The van der Waals surface area contributed by atoms with Gasteiger partial charge in [-0.15, -0.1) is 12.4 Å². The van der Waals surface area contributed by atoms with Crippen LogP contribution in [0.2, 0.25) is 0 Å². The van der Waals surface area contributed by atoms with Crippen molar-refractivity contribution < 1.29 is 0 Å². The molecular weight excluding hydrogens is 342 g/mol. The first kappa shape index (κ1) is 18.1. The molecule has 0 N–H and O–H groups in total. The number of pyridine rings is 1. The summed E-state index contributed by atoms with van der Waals surface area (Å²) in [4.78, 5) is 10.1. The normalized spacial score (nSPS) is 22.4. The Morgan fingerprint density at radius 3 is 2.31 bits per heavy atom. The van der Waals surface area contributed by atoms with Crippen LogP contribution in [0.4, 0.5) is 5.82 Å². The Morgan fingerprint density at radius 2 is 1.58 bits per heavy atom. The summed E-state index contributed by atoms with van der Waals surface area (Å²) in [6.07, 6.45) is 9.77. The summed E-state index contributed by atoms with van der Waals surface area (Å²) in [6, 6.07) is 12.4. The molecule has 140 valence electrons. The van der Waals surface area contributed by atoms with Gasteiger partial charge >= 0.3 is 0 Å². The Labute approximate surface area is 163 Å². The quantitative estimate of drug-likeness (QED) is 0.757. The van der Waals surface area contributed by atoms with Gasteiger partial charge in [-0.1, -0.05) is 25.3 Å². The largest absolute Gasteiger partial charge is 0.354 e. The van der Waals surface area contributed by atoms with Crippen LogP contribution in [-0.2, 0) is 0 Å². The lowest BCUT2D eigenvalue weighted by Crippen LogP contribution is -2.47. The van der Waals surface area contributed by atoms with E-state index in [0.29, 0.717) is 0 Å². The molecule has 1 aromatic heterocycles. The van der Waals surface area contributed by atoms with Crippen LogP contribution >= 0.6 is 12.4 Å². The Morgan fingerprint density at radius 1 is 0.808 bits per heavy atom. The monoisotopic (exact) mass is 371 g/mol. The second-order valence-corrected chi connectivity index (χ2v) is 8.21. The Kier molecular flexibility index (Phi) is 5.37. The fourth-order valence-corrected chi connectivity index (χ4v) is 4.76. The molecule has 0 amide bonds. The number of nitrogens with zero attached hydrogens (tertiary/aromatic N) is 3. The number of aromatic nitrogens is 1. The van der Waals surface area contributed by atoms with Crippen LogP contribution in [0.15, 0.2) is 30.3 Å². The second-order valence-electron chi connectivity index (χ2n) is 8.21. The third-order valence-electron chi connectivity index (χ3n) is 6.48. The number of hydrogen-bond acceptors (Lipinski definition) is 3. The highest BCUT2D eigenvalue weighted by molar-refractivity contribution is 5.85. The van der Waals surface area contributed by atoms with Crippen LogP contribution in [0.1, 0.15) is 56.4 Å². The molecule has 1 saturated heterocycles. The summed E-state index contributed by atoms with van der Waals surface area (Å²) in [5, 5.41) is 1.31. The molecule has 3 nitrogen and oxygen atoms in total. The Bertz CT molecular complexity index is 744. The van der Waals surface area contributed by atoms with Crippen molar-refractivity contribution in [3.8, 4) is 0 Å². The van der Waals surface area contributed by atoms with Crippen LogP contribution in [0.3, 0.4) is 0 Å². The van der Waals surface area contributed by atoms with Crippen molar-refractivity contribution >= 4 is 29.1 Å². The predicted octanol–water partition coefficient (Wildman–Crippen LogP) is 4.99. The van der Waals surface area contributed by atoms with E-state index in [0.717, 1.165) is 36.4 Å². The summed E-state index contributed by atoms with van der Waals surface area (Å²) >= 11 is 0. The van der Waals surface area contributed by atoms with Gasteiger partial charge in [0.15, 0.2) is 0 Å². The topological polar surface area (TPSA) is 19.4 Å². The number of fused-ring (bicyclic) bond motifs is 1. The SMILES string of the molecule is Cl.c1cc2nc(N3CCN(C4CC4)CC3)ccc2cc1C1CCCCC1. The average molecular weight is 372 g/mol. The van der Waals surface area contributed by atoms with Crippen LogP contribution in [-0.4, -0.2) is 42.1 Å². The molecule has 3 fully saturated rings. The minimum Gasteiger partial charge on any atom is -0.354 e. The van der Waals surface area contributed by atoms with Gasteiger partial charge < -0.3 is 4.90 Å². The van der Waals surface area contributed by atoms with E-state index in [4.69, 9.17) is 4.98 Å². The van der Waals surface area contributed by atoms with Gasteiger partial charge in [0.2, 0.25) is 0 Å². The molecule has 26 heavy (non-hydrogen) atoms. The summed E-state index contributed by atoms with van der Waals surface area (Å²) in [5.41, 5.74) is 2.68. The third-order valence-corrected chi connectivity index (χ3v) is 6.48. The fourth-order valence-electron chi connectivity index (χ4n) is 4.76. The third kappa shape index (κ3) is 3.70. The maximum absolute atomic E-state index is 4.98. The lowest BCUT2D eigenvalue weighted by atomic mass is 9.84. The lowest BCUT2D eigenvalue weighted by Gasteiger charge is -2.35. The molecule has 1 aromatic carbocycles. The van der Waals surface area contributed by atoms with Gasteiger partial charge in [0, 0.05) is 37.6 Å². The smallest absolute Gasteiger partial charge is 0.129 e. The zero-order valence-corrected chi connectivity index (χ0v) is 16.4. The van der Waals surface area contributed by atoms with E-state index in [-0.39, 0.29) is 12.4 Å². The summed E-state index contributed by atoms with van der Waals surface area (Å²) in [7, 11) is 0. The van der Waals surface area contributed by atoms with Crippen LogP contribution < -0.4 is 4.90 Å². The molecule has 1 aliphatic heterocycles. The number of hydrogen-bond donors (Lipinski definition) is 0. The van der Waals surface area contributed by atoms with Crippen molar-refractivity contribution in [1.82, 2.24) is 9.88 Å². The van der Waals surface area contributed by atoms with E-state index >= 15 is 0 Å². The standard InChI is InChI=1S/C22H29N3.ClH/c1-2-4-17(5-3-1)18-6-10-21-19(16-18)7-11-22(23-21)25-14-12-24(13-15-25)20-8-9-20;/h6-7,10-11,16-17,20H,1-5,8-9,12-15H2;1H. The van der Waals surface area contributed by atoms with Gasteiger partial charge in [-0.2, -0.15) is 0 Å². The minimum absolute atomic E-state index is 0. The minimum atomic E-state index is 0. The average Bonchev–Trinajstić information content (AvgIpc) is 3.53. The van der Waals surface area contributed by atoms with Gasteiger partial charge in [0.25, 0.3) is 0 Å². The highest BCUT2D eigenvalue weighted by Crippen LogP contribution is 2.34. The molecule has 0 unspecified atom stereocenters. The molecule has 2 aromatic rings. The van der Waals surface area contributed by atoms with Gasteiger partial charge in [-0.3, -0.25) is 4.90 Å². The van der Waals surface area contributed by atoms with E-state index in [1.165, 1.54) is 69.0 Å². The van der Waals surface area contributed by atoms with Crippen molar-refractivity contribution in [3.05, 3.63) is 35.9 Å². The molecule has 0 atom stereocenters. The Balaban J connectivity index is 0.00000168. The first-order chi connectivity index (χ1) is 12.4. The first-order valence-electron chi connectivity index (χ1n) is 10.3. The molecule has 3 aliphatic rings. The van der Waals surface area contributed by atoms with Crippen molar-refractivity contribution in [1.29, 1.82) is 0 Å². The van der Waals surface area contributed by atoms with Crippen LogP contribution in [0.25, 0.3) is 10.9 Å². The molecule has 0 radical (unpaired) electrons. The summed E-state index contributed by atoms with van der Waals surface area (Å²) < 4.78 is 0. The molecule has 2 aliphatic carbocycles. The van der Waals surface area contributed by atoms with Gasteiger partial charge in [0.1, 0.15) is 5.82 Å². The number of halogens is 1. The first-order valence-corrected chi connectivity index (χ1v) is 10.3. The van der Waals surface area contributed by atoms with Gasteiger partial charge in [-0.25, -0.2) is 4.98 Å². The Hall–Kier alpha value is -1.32. The molecular formula is C22H30ClN3.